The van der Waals surface area contributed by atoms with E-state index in [2.05, 4.69) is 10.4 Å². The molecular weight excluding hydrogens is 335 g/mol. The summed E-state index contributed by atoms with van der Waals surface area (Å²) in [6.07, 6.45) is 1.57. The summed E-state index contributed by atoms with van der Waals surface area (Å²) in [5.74, 6) is -0.524. The summed E-state index contributed by atoms with van der Waals surface area (Å²) in [6, 6.07) is 8.93. The highest BCUT2D eigenvalue weighted by Gasteiger charge is 2.18. The molecule has 0 unspecified atom stereocenters. The van der Waals surface area contributed by atoms with Gasteiger partial charge in [0.25, 0.3) is 11.5 Å². The first-order chi connectivity index (χ1) is 12.4. The highest BCUT2D eigenvalue weighted by Crippen LogP contribution is 2.13. The maximum atomic E-state index is 13.1. The zero-order chi connectivity index (χ0) is 18.8. The number of rotatable bonds is 4. The number of aromatic nitrogens is 3. The van der Waals surface area contributed by atoms with Gasteiger partial charge in [-0.05, 0) is 56.7 Å². The van der Waals surface area contributed by atoms with Gasteiger partial charge in [0.1, 0.15) is 11.4 Å². The normalized spacial score (nSPS) is 10.8. The van der Waals surface area contributed by atoms with Crippen LogP contribution in [0.15, 0.2) is 47.4 Å². The van der Waals surface area contributed by atoms with Crippen LogP contribution in [0, 0.1) is 19.7 Å². The number of hydrogen-bond acceptors (Lipinski definition) is 3. The van der Waals surface area contributed by atoms with Crippen molar-refractivity contribution in [1.29, 1.82) is 0 Å². The van der Waals surface area contributed by atoms with Gasteiger partial charge in [0, 0.05) is 30.2 Å². The minimum atomic E-state index is -0.523. The Labute approximate surface area is 149 Å². The second-order valence-electron chi connectivity index (χ2n) is 5.97. The first-order valence-corrected chi connectivity index (χ1v) is 8.24. The summed E-state index contributed by atoms with van der Waals surface area (Å²) in [4.78, 5) is 25.5. The molecule has 6 nitrogen and oxygen atoms in total. The summed E-state index contributed by atoms with van der Waals surface area (Å²) in [7, 11) is 0. The van der Waals surface area contributed by atoms with Gasteiger partial charge < -0.3 is 5.32 Å². The Bertz CT molecular complexity index is 1020. The van der Waals surface area contributed by atoms with Crippen LogP contribution >= 0.6 is 0 Å². The maximum absolute atomic E-state index is 13.1. The molecule has 0 saturated heterocycles. The van der Waals surface area contributed by atoms with E-state index in [4.69, 9.17) is 0 Å². The molecule has 0 saturated carbocycles. The fraction of sp³-hybridized carbons (Fsp3) is 0.211. The molecule has 134 valence electrons. The topological polar surface area (TPSA) is 68.9 Å². The van der Waals surface area contributed by atoms with Crippen LogP contribution in [0.25, 0.3) is 5.69 Å². The fourth-order valence-corrected chi connectivity index (χ4v) is 2.78. The Balaban J connectivity index is 1.98. The Morgan fingerprint density at radius 3 is 2.50 bits per heavy atom. The van der Waals surface area contributed by atoms with E-state index in [0.717, 1.165) is 5.69 Å². The molecular formula is C19H19FN4O2. The number of aryl methyl sites for hydroxylation is 3. The Kier molecular flexibility index (Phi) is 4.71. The molecule has 0 radical (unpaired) electrons. The number of amides is 1. The van der Waals surface area contributed by atoms with E-state index in [0.29, 0.717) is 23.6 Å². The monoisotopic (exact) mass is 354 g/mol. The molecule has 3 rings (SSSR count). The van der Waals surface area contributed by atoms with Crippen molar-refractivity contribution < 1.29 is 9.18 Å². The lowest BCUT2D eigenvalue weighted by Crippen LogP contribution is -2.29. The second kappa shape index (κ2) is 6.95. The van der Waals surface area contributed by atoms with Gasteiger partial charge >= 0.3 is 0 Å². The van der Waals surface area contributed by atoms with Crippen LogP contribution in [0.3, 0.4) is 0 Å². The van der Waals surface area contributed by atoms with Crippen molar-refractivity contribution in [1.82, 2.24) is 14.3 Å². The largest absolute Gasteiger partial charge is 0.305 e. The Hall–Kier alpha value is -3.22. The van der Waals surface area contributed by atoms with E-state index < -0.39 is 17.3 Å². The maximum Gasteiger partial charge on any atom is 0.268 e. The molecule has 0 fully saturated rings. The summed E-state index contributed by atoms with van der Waals surface area (Å²) < 4.78 is 16.2. The molecule has 1 N–H and O–H groups in total. The molecule has 3 aromatic rings. The predicted octanol–water partition coefficient (Wildman–Crippen LogP) is 3.06. The minimum Gasteiger partial charge on any atom is -0.305 e. The van der Waals surface area contributed by atoms with Gasteiger partial charge in [-0.3, -0.25) is 18.8 Å². The van der Waals surface area contributed by atoms with Crippen molar-refractivity contribution in [3.05, 3.63) is 75.6 Å². The molecule has 7 heteroatoms. The number of nitrogens with zero attached hydrogens (tertiary/aromatic N) is 3. The molecule has 0 aliphatic rings. The smallest absolute Gasteiger partial charge is 0.268 e. The molecule has 0 aliphatic heterocycles. The first-order valence-electron chi connectivity index (χ1n) is 8.24. The number of halogens is 1. The van der Waals surface area contributed by atoms with E-state index in [9.17, 15) is 14.0 Å². The molecule has 26 heavy (non-hydrogen) atoms. The average Bonchev–Trinajstić information content (AvgIpc) is 2.95. The molecule has 0 aliphatic carbocycles. The van der Waals surface area contributed by atoms with Crippen LogP contribution in [0.5, 0.6) is 0 Å². The Morgan fingerprint density at radius 2 is 1.88 bits per heavy atom. The average molecular weight is 354 g/mol. The summed E-state index contributed by atoms with van der Waals surface area (Å²) in [6.45, 7) is 6.22. The van der Waals surface area contributed by atoms with Gasteiger partial charge in [-0.1, -0.05) is 0 Å². The molecule has 0 spiro atoms. The lowest BCUT2D eigenvalue weighted by molar-refractivity contribution is 0.102. The van der Waals surface area contributed by atoms with Gasteiger partial charge in [0.05, 0.1) is 0 Å². The SMILES string of the molecule is CCn1nc(NC(=O)c2c(C)ccn(-c3ccc(F)cc3)c2=O)cc1C. The van der Waals surface area contributed by atoms with Gasteiger partial charge in [-0.15, -0.1) is 0 Å². The van der Waals surface area contributed by atoms with Gasteiger partial charge in [-0.25, -0.2) is 4.39 Å². The van der Waals surface area contributed by atoms with Crippen LogP contribution in [0.4, 0.5) is 10.2 Å². The Morgan fingerprint density at radius 1 is 1.19 bits per heavy atom. The number of nitrogens with one attached hydrogen (secondary N) is 1. The molecule has 1 amide bonds. The number of benzene rings is 1. The predicted molar refractivity (Wildman–Crippen MR) is 97.3 cm³/mol. The number of anilines is 1. The molecule has 2 heterocycles. The lowest BCUT2D eigenvalue weighted by atomic mass is 10.1. The number of carbonyl (C=O) groups excluding carboxylic acids is 1. The van der Waals surface area contributed by atoms with Crippen molar-refractivity contribution in [2.75, 3.05) is 5.32 Å². The fourth-order valence-electron chi connectivity index (χ4n) is 2.78. The van der Waals surface area contributed by atoms with Crippen LogP contribution in [0.1, 0.15) is 28.5 Å². The highest BCUT2D eigenvalue weighted by molar-refractivity contribution is 6.04. The second-order valence-corrected chi connectivity index (χ2v) is 5.97. The third-order valence-corrected chi connectivity index (χ3v) is 4.15. The zero-order valence-electron chi connectivity index (χ0n) is 14.8. The van der Waals surface area contributed by atoms with E-state index >= 15 is 0 Å². The van der Waals surface area contributed by atoms with Crippen LogP contribution in [-0.2, 0) is 6.54 Å². The molecule has 0 bridgehead atoms. The van der Waals surface area contributed by atoms with Crippen LogP contribution in [0.2, 0.25) is 0 Å². The number of pyridine rings is 1. The zero-order valence-corrected chi connectivity index (χ0v) is 14.8. The van der Waals surface area contributed by atoms with Crippen LogP contribution < -0.4 is 10.9 Å². The third-order valence-electron chi connectivity index (χ3n) is 4.15. The van der Waals surface area contributed by atoms with Gasteiger partial charge in [0.15, 0.2) is 5.82 Å². The molecule has 0 atom stereocenters. The quantitative estimate of drug-likeness (QED) is 0.783. The summed E-state index contributed by atoms with van der Waals surface area (Å²) in [5, 5.41) is 6.96. The summed E-state index contributed by atoms with van der Waals surface area (Å²) >= 11 is 0. The van der Waals surface area contributed by atoms with Gasteiger partial charge in [0.2, 0.25) is 0 Å². The van der Waals surface area contributed by atoms with E-state index in [-0.39, 0.29) is 5.56 Å². The van der Waals surface area contributed by atoms with Crippen molar-refractivity contribution in [2.24, 2.45) is 0 Å². The van der Waals surface area contributed by atoms with E-state index in [1.54, 1.807) is 29.9 Å². The molecule has 2 aromatic heterocycles. The first kappa shape index (κ1) is 17.6. The number of carbonyl (C=O) groups is 1. The van der Waals surface area contributed by atoms with Crippen molar-refractivity contribution in [2.45, 2.75) is 27.3 Å². The third kappa shape index (κ3) is 3.28. The molecule has 1 aromatic carbocycles. The lowest BCUT2D eigenvalue weighted by Gasteiger charge is -2.10. The minimum absolute atomic E-state index is 0.0283. The highest BCUT2D eigenvalue weighted by atomic mass is 19.1. The summed E-state index contributed by atoms with van der Waals surface area (Å²) in [5.41, 5.74) is 1.51. The van der Waals surface area contributed by atoms with Crippen LogP contribution in [-0.4, -0.2) is 20.3 Å². The number of hydrogen-bond donors (Lipinski definition) is 1. The van der Waals surface area contributed by atoms with E-state index in [1.807, 2.05) is 13.8 Å². The van der Waals surface area contributed by atoms with Gasteiger partial charge in [-0.2, -0.15) is 5.10 Å². The van der Waals surface area contributed by atoms with Crippen molar-refractivity contribution in [3.63, 3.8) is 0 Å². The van der Waals surface area contributed by atoms with E-state index in [1.165, 1.54) is 28.8 Å². The van der Waals surface area contributed by atoms with Crippen molar-refractivity contribution in [3.8, 4) is 5.69 Å². The standard InChI is InChI=1S/C19H19FN4O2/c1-4-24-13(3)11-16(22-24)21-18(25)17-12(2)9-10-23(19(17)26)15-7-5-14(20)6-8-15/h5-11H,4H2,1-3H3,(H,21,22,25). The van der Waals surface area contributed by atoms with Crippen molar-refractivity contribution >= 4 is 11.7 Å².